The number of nitrogens with zero attached hydrogens (tertiary/aromatic N) is 1. The molecule has 0 aliphatic heterocycles. The van der Waals surface area contributed by atoms with Crippen LogP contribution in [-0.2, 0) is 0 Å². The topological polar surface area (TPSA) is 98.3 Å². The molecule has 0 saturated heterocycles. The zero-order chi connectivity index (χ0) is 15.4. The molecule has 6 heteroatoms. The molecule has 2 aromatic rings. The summed E-state index contributed by atoms with van der Waals surface area (Å²) in [6.45, 7) is 1.81. The maximum Gasteiger partial charge on any atom is 0.304 e. The Labute approximate surface area is 121 Å². The van der Waals surface area contributed by atoms with Crippen molar-refractivity contribution in [3.05, 3.63) is 69.8 Å². The maximum atomic E-state index is 12.2. The minimum Gasteiger partial charge on any atom is -0.393 e. The number of nitrogens with one attached hydrogen (secondary N) is 1. The van der Waals surface area contributed by atoms with Crippen molar-refractivity contribution in [2.75, 3.05) is 5.73 Å². The van der Waals surface area contributed by atoms with Gasteiger partial charge in [0.1, 0.15) is 11.3 Å². The lowest BCUT2D eigenvalue weighted by Crippen LogP contribution is -2.27. The van der Waals surface area contributed by atoms with E-state index in [0.29, 0.717) is 0 Å². The Morgan fingerprint density at radius 2 is 1.86 bits per heavy atom. The average Bonchev–Trinajstić information content (AvgIpc) is 2.47. The first-order valence-corrected chi connectivity index (χ1v) is 6.39. The number of nitrogen functional groups attached to an aromatic ring is 1. The Morgan fingerprint density at radius 3 is 2.48 bits per heavy atom. The number of nitro benzene ring substituents is 1. The quantitative estimate of drug-likeness (QED) is 0.512. The standard InChI is InChI=1S/C15H15N3O3/c1-10(11-6-3-2-4-7-11)17-15(19)12-8-5-9-13(16)14(12)18(20)21/h2-10H,16H2,1H3,(H,17,19). The summed E-state index contributed by atoms with van der Waals surface area (Å²) in [6, 6.07) is 13.4. The normalized spacial score (nSPS) is 11.7. The van der Waals surface area contributed by atoms with E-state index in [9.17, 15) is 14.9 Å². The van der Waals surface area contributed by atoms with E-state index in [-0.39, 0.29) is 23.0 Å². The first kappa shape index (κ1) is 14.5. The van der Waals surface area contributed by atoms with Crippen LogP contribution in [0.1, 0.15) is 28.9 Å². The van der Waals surface area contributed by atoms with Gasteiger partial charge in [-0.1, -0.05) is 36.4 Å². The molecule has 2 rings (SSSR count). The molecule has 2 aromatic carbocycles. The summed E-state index contributed by atoms with van der Waals surface area (Å²) < 4.78 is 0. The van der Waals surface area contributed by atoms with Gasteiger partial charge in [0.05, 0.1) is 11.0 Å². The molecule has 3 N–H and O–H groups in total. The Kier molecular flexibility index (Phi) is 4.18. The number of carbonyl (C=O) groups is 1. The zero-order valence-corrected chi connectivity index (χ0v) is 11.4. The Hall–Kier alpha value is -2.89. The molecule has 1 atom stereocenters. The summed E-state index contributed by atoms with van der Waals surface area (Å²) in [7, 11) is 0. The van der Waals surface area contributed by atoms with Crippen LogP contribution < -0.4 is 11.1 Å². The van der Waals surface area contributed by atoms with E-state index in [4.69, 9.17) is 5.73 Å². The monoisotopic (exact) mass is 285 g/mol. The number of hydrogen-bond donors (Lipinski definition) is 2. The number of nitro groups is 1. The molecule has 21 heavy (non-hydrogen) atoms. The van der Waals surface area contributed by atoms with Gasteiger partial charge in [0.2, 0.25) is 0 Å². The van der Waals surface area contributed by atoms with Gasteiger partial charge in [-0.2, -0.15) is 0 Å². The maximum absolute atomic E-state index is 12.2. The summed E-state index contributed by atoms with van der Waals surface area (Å²) in [5.74, 6) is -0.523. The van der Waals surface area contributed by atoms with E-state index >= 15 is 0 Å². The number of benzene rings is 2. The van der Waals surface area contributed by atoms with Crippen LogP contribution in [0.2, 0.25) is 0 Å². The highest BCUT2D eigenvalue weighted by molar-refractivity contribution is 6.00. The van der Waals surface area contributed by atoms with Gasteiger partial charge in [-0.15, -0.1) is 0 Å². The molecule has 0 spiro atoms. The predicted molar refractivity (Wildman–Crippen MR) is 79.8 cm³/mol. The molecule has 0 heterocycles. The van der Waals surface area contributed by atoms with Crippen LogP contribution in [0.4, 0.5) is 11.4 Å². The molecule has 0 fully saturated rings. The number of amides is 1. The molecule has 6 nitrogen and oxygen atoms in total. The molecule has 1 amide bonds. The second-order valence-electron chi connectivity index (χ2n) is 4.61. The summed E-state index contributed by atoms with van der Waals surface area (Å²) in [5.41, 5.74) is 6.06. The van der Waals surface area contributed by atoms with Crippen molar-refractivity contribution in [3.8, 4) is 0 Å². The lowest BCUT2D eigenvalue weighted by atomic mass is 10.1. The summed E-state index contributed by atoms with van der Waals surface area (Å²) in [4.78, 5) is 22.6. The fourth-order valence-corrected chi connectivity index (χ4v) is 2.05. The number of anilines is 1. The summed E-state index contributed by atoms with van der Waals surface area (Å²) >= 11 is 0. The second-order valence-corrected chi connectivity index (χ2v) is 4.61. The molecule has 0 saturated carbocycles. The van der Waals surface area contributed by atoms with E-state index in [0.717, 1.165) is 5.56 Å². The SMILES string of the molecule is CC(NC(=O)c1cccc(N)c1[N+](=O)[O-])c1ccccc1. The highest BCUT2D eigenvalue weighted by atomic mass is 16.6. The van der Waals surface area contributed by atoms with Crippen molar-refractivity contribution in [3.63, 3.8) is 0 Å². The number of rotatable bonds is 4. The smallest absolute Gasteiger partial charge is 0.304 e. The van der Waals surface area contributed by atoms with Crippen molar-refractivity contribution in [2.24, 2.45) is 0 Å². The predicted octanol–water partition coefficient (Wildman–Crippen LogP) is 2.67. The molecule has 0 aliphatic rings. The van der Waals surface area contributed by atoms with Gasteiger partial charge >= 0.3 is 5.69 Å². The van der Waals surface area contributed by atoms with Gasteiger partial charge < -0.3 is 11.1 Å². The van der Waals surface area contributed by atoms with E-state index in [1.54, 1.807) is 0 Å². The van der Waals surface area contributed by atoms with Crippen molar-refractivity contribution < 1.29 is 9.72 Å². The van der Waals surface area contributed by atoms with Crippen LogP contribution in [0.5, 0.6) is 0 Å². The third-order valence-electron chi connectivity index (χ3n) is 3.14. The molecule has 0 radical (unpaired) electrons. The number of hydrogen-bond acceptors (Lipinski definition) is 4. The van der Waals surface area contributed by atoms with E-state index < -0.39 is 10.8 Å². The van der Waals surface area contributed by atoms with Gasteiger partial charge in [0.15, 0.2) is 0 Å². The minimum atomic E-state index is -0.641. The van der Waals surface area contributed by atoms with Gasteiger partial charge in [0.25, 0.3) is 5.91 Å². The van der Waals surface area contributed by atoms with Crippen LogP contribution >= 0.6 is 0 Å². The molecule has 0 aliphatic carbocycles. The Bertz CT molecular complexity index is 671. The van der Waals surface area contributed by atoms with Crippen LogP contribution in [0, 0.1) is 10.1 Å². The third kappa shape index (κ3) is 3.17. The van der Waals surface area contributed by atoms with Gasteiger partial charge in [-0.3, -0.25) is 14.9 Å². The first-order valence-electron chi connectivity index (χ1n) is 6.39. The first-order chi connectivity index (χ1) is 10.0. The van der Waals surface area contributed by atoms with Crippen LogP contribution in [0.15, 0.2) is 48.5 Å². The third-order valence-corrected chi connectivity index (χ3v) is 3.14. The second kappa shape index (κ2) is 6.04. The largest absolute Gasteiger partial charge is 0.393 e. The summed E-state index contributed by atoms with van der Waals surface area (Å²) in [5, 5.41) is 13.8. The highest BCUT2D eigenvalue weighted by Crippen LogP contribution is 2.26. The van der Waals surface area contributed by atoms with Crippen LogP contribution in [0.25, 0.3) is 0 Å². The molecule has 1 unspecified atom stereocenters. The van der Waals surface area contributed by atoms with Crippen molar-refractivity contribution >= 4 is 17.3 Å². The van der Waals surface area contributed by atoms with Crippen LogP contribution in [0.3, 0.4) is 0 Å². The van der Waals surface area contributed by atoms with E-state index in [2.05, 4.69) is 5.32 Å². The average molecular weight is 285 g/mol. The van der Waals surface area contributed by atoms with Gasteiger partial charge in [-0.05, 0) is 24.6 Å². The van der Waals surface area contributed by atoms with E-state index in [1.807, 2.05) is 37.3 Å². The fourth-order valence-electron chi connectivity index (χ4n) is 2.05. The fraction of sp³-hybridized carbons (Fsp3) is 0.133. The van der Waals surface area contributed by atoms with Gasteiger partial charge in [-0.25, -0.2) is 0 Å². The van der Waals surface area contributed by atoms with Crippen molar-refractivity contribution in [1.29, 1.82) is 0 Å². The number of carbonyl (C=O) groups excluding carboxylic acids is 1. The Balaban J connectivity index is 2.26. The van der Waals surface area contributed by atoms with E-state index in [1.165, 1.54) is 18.2 Å². The lowest BCUT2D eigenvalue weighted by molar-refractivity contribution is -0.384. The summed E-state index contributed by atoms with van der Waals surface area (Å²) in [6.07, 6.45) is 0. The van der Waals surface area contributed by atoms with Crippen molar-refractivity contribution in [1.82, 2.24) is 5.32 Å². The van der Waals surface area contributed by atoms with Crippen molar-refractivity contribution in [2.45, 2.75) is 13.0 Å². The number of nitrogens with two attached hydrogens (primary N) is 1. The highest BCUT2D eigenvalue weighted by Gasteiger charge is 2.24. The minimum absolute atomic E-state index is 0.0278. The molecular weight excluding hydrogens is 270 g/mol. The van der Waals surface area contributed by atoms with Gasteiger partial charge in [0, 0.05) is 0 Å². The zero-order valence-electron chi connectivity index (χ0n) is 11.4. The Morgan fingerprint density at radius 1 is 1.19 bits per heavy atom. The van der Waals surface area contributed by atoms with Crippen LogP contribution in [-0.4, -0.2) is 10.8 Å². The molecule has 108 valence electrons. The number of para-hydroxylation sites is 1. The molecule has 0 aromatic heterocycles. The molecular formula is C15H15N3O3. The lowest BCUT2D eigenvalue weighted by Gasteiger charge is -2.14. The molecule has 0 bridgehead atoms.